The quantitative estimate of drug-likeness (QED) is 0.679. The van der Waals surface area contributed by atoms with E-state index < -0.39 is 17.6 Å². The Balaban J connectivity index is 2.18. The maximum absolute atomic E-state index is 12.4. The van der Waals surface area contributed by atoms with Crippen molar-refractivity contribution in [2.45, 2.75) is 20.3 Å². The highest BCUT2D eigenvalue weighted by atomic mass is 32.1. The van der Waals surface area contributed by atoms with Crippen LogP contribution >= 0.6 is 11.3 Å². The summed E-state index contributed by atoms with van der Waals surface area (Å²) < 4.78 is 0. The Labute approximate surface area is 132 Å². The van der Waals surface area contributed by atoms with Crippen LogP contribution in [0.5, 0.6) is 0 Å². The van der Waals surface area contributed by atoms with Gasteiger partial charge in [0.15, 0.2) is 11.7 Å². The molecule has 0 aliphatic rings. The van der Waals surface area contributed by atoms with Crippen LogP contribution in [0.4, 0.5) is 5.82 Å². The number of rotatable bonds is 5. The van der Waals surface area contributed by atoms with Crippen molar-refractivity contribution in [3.05, 3.63) is 45.8 Å². The predicted octanol–water partition coefficient (Wildman–Crippen LogP) is 2.98. The zero-order valence-corrected chi connectivity index (χ0v) is 13.1. The Bertz CT molecular complexity index is 732. The summed E-state index contributed by atoms with van der Waals surface area (Å²) in [5, 5.41) is 11.7. The van der Waals surface area contributed by atoms with Crippen LogP contribution in [0.1, 0.15) is 27.0 Å². The molecule has 1 amide bonds. The maximum Gasteiger partial charge on any atom is 0.250 e. The molecular weight excluding hydrogens is 298 g/mol. The topological polar surface area (TPSA) is 82.8 Å². The number of anilines is 1. The second-order valence-electron chi connectivity index (χ2n) is 4.70. The molecule has 6 heteroatoms. The predicted molar refractivity (Wildman–Crippen MR) is 84.7 cm³/mol. The molecular formula is C16H15N3O2S. The average molecular weight is 313 g/mol. The molecule has 2 aromatic heterocycles. The number of nitriles is 1. The minimum absolute atomic E-state index is 0.317. The largest absolute Gasteiger partial charge is 0.309 e. The summed E-state index contributed by atoms with van der Waals surface area (Å²) in [6.45, 7) is 3.92. The molecule has 2 heterocycles. The van der Waals surface area contributed by atoms with E-state index in [9.17, 15) is 14.9 Å². The van der Waals surface area contributed by atoms with Crippen molar-refractivity contribution >= 4 is 28.8 Å². The van der Waals surface area contributed by atoms with Gasteiger partial charge in [0.2, 0.25) is 0 Å². The van der Waals surface area contributed by atoms with Crippen molar-refractivity contribution < 1.29 is 9.59 Å². The van der Waals surface area contributed by atoms with Gasteiger partial charge in [-0.25, -0.2) is 4.98 Å². The highest BCUT2D eigenvalue weighted by Gasteiger charge is 2.29. The van der Waals surface area contributed by atoms with Crippen LogP contribution < -0.4 is 5.32 Å². The third-order valence-electron chi connectivity index (χ3n) is 3.15. The highest BCUT2D eigenvalue weighted by Crippen LogP contribution is 2.25. The molecule has 2 aromatic rings. The molecule has 22 heavy (non-hydrogen) atoms. The van der Waals surface area contributed by atoms with Crippen LogP contribution in [0.2, 0.25) is 0 Å². The van der Waals surface area contributed by atoms with E-state index in [-0.39, 0.29) is 0 Å². The molecule has 112 valence electrons. The lowest BCUT2D eigenvalue weighted by Gasteiger charge is -2.07. The summed E-state index contributed by atoms with van der Waals surface area (Å²) in [6.07, 6.45) is 2.34. The summed E-state index contributed by atoms with van der Waals surface area (Å²) in [6, 6.07) is 8.55. The van der Waals surface area contributed by atoms with E-state index in [2.05, 4.69) is 10.3 Å². The lowest BCUT2D eigenvalue weighted by Crippen LogP contribution is -2.28. The maximum atomic E-state index is 12.4. The van der Waals surface area contributed by atoms with Gasteiger partial charge in [0, 0.05) is 11.1 Å². The molecule has 5 nitrogen and oxygen atoms in total. The minimum Gasteiger partial charge on any atom is -0.309 e. The van der Waals surface area contributed by atoms with E-state index in [1.165, 1.54) is 17.5 Å². The number of carbonyl (C=O) groups excluding carboxylic acids is 2. The van der Waals surface area contributed by atoms with Crippen LogP contribution in [-0.2, 0) is 11.2 Å². The second-order valence-corrected chi connectivity index (χ2v) is 5.84. The van der Waals surface area contributed by atoms with Gasteiger partial charge in [-0.05, 0) is 37.1 Å². The molecule has 1 N–H and O–H groups in total. The first-order valence-corrected chi connectivity index (χ1v) is 7.63. The number of pyridine rings is 1. The van der Waals surface area contributed by atoms with Crippen LogP contribution in [0.15, 0.2) is 30.5 Å². The summed E-state index contributed by atoms with van der Waals surface area (Å²) in [7, 11) is 0. The number of hydrogen-bond acceptors (Lipinski definition) is 5. The van der Waals surface area contributed by atoms with Gasteiger partial charge in [-0.3, -0.25) is 9.59 Å². The number of thiophene rings is 1. The molecule has 1 atom stereocenters. The van der Waals surface area contributed by atoms with Crippen LogP contribution in [0.3, 0.4) is 0 Å². The van der Waals surface area contributed by atoms with E-state index >= 15 is 0 Å². The second kappa shape index (κ2) is 6.96. The van der Waals surface area contributed by atoms with Gasteiger partial charge in [-0.1, -0.05) is 13.0 Å². The van der Waals surface area contributed by atoms with Crippen LogP contribution in [-0.4, -0.2) is 16.7 Å². The number of nitrogens with zero attached hydrogens (tertiary/aromatic N) is 2. The number of nitrogens with one attached hydrogen (secondary N) is 1. The van der Waals surface area contributed by atoms with Crippen molar-refractivity contribution in [1.29, 1.82) is 5.26 Å². The Morgan fingerprint density at radius 1 is 1.45 bits per heavy atom. The number of hydrogen-bond donors (Lipinski definition) is 1. The number of carbonyl (C=O) groups is 2. The van der Waals surface area contributed by atoms with Gasteiger partial charge >= 0.3 is 0 Å². The fraction of sp³-hybridized carbons (Fsp3) is 0.250. The van der Waals surface area contributed by atoms with Gasteiger partial charge in [-0.15, -0.1) is 11.3 Å². The van der Waals surface area contributed by atoms with Gasteiger partial charge in [0.05, 0.1) is 10.9 Å². The van der Waals surface area contributed by atoms with Crippen molar-refractivity contribution in [1.82, 2.24) is 4.98 Å². The van der Waals surface area contributed by atoms with Gasteiger partial charge in [-0.2, -0.15) is 5.26 Å². The van der Waals surface area contributed by atoms with Crippen LogP contribution in [0, 0.1) is 24.2 Å². The molecule has 2 rings (SSSR count). The molecule has 0 spiro atoms. The molecule has 0 saturated heterocycles. The Morgan fingerprint density at radius 2 is 2.23 bits per heavy atom. The fourth-order valence-electron chi connectivity index (χ4n) is 2.01. The van der Waals surface area contributed by atoms with Gasteiger partial charge in [0.1, 0.15) is 5.82 Å². The minimum atomic E-state index is -1.37. The summed E-state index contributed by atoms with van der Waals surface area (Å²) in [5.41, 5.74) is 1.01. The SMILES string of the molecule is CCc1sc(C(=O)C(C#N)C(=O)Nc2ccccn2)cc1C. The Hall–Kier alpha value is -2.52. The third kappa shape index (κ3) is 3.38. The molecule has 0 radical (unpaired) electrons. The van der Waals surface area contributed by atoms with E-state index in [1.807, 2.05) is 13.8 Å². The third-order valence-corrected chi connectivity index (χ3v) is 4.55. The lowest BCUT2D eigenvalue weighted by molar-refractivity contribution is -0.117. The van der Waals surface area contributed by atoms with E-state index in [1.54, 1.807) is 30.3 Å². The van der Waals surface area contributed by atoms with Crippen molar-refractivity contribution in [3.63, 3.8) is 0 Å². The zero-order chi connectivity index (χ0) is 16.1. The highest BCUT2D eigenvalue weighted by molar-refractivity contribution is 7.14. The van der Waals surface area contributed by atoms with Gasteiger partial charge < -0.3 is 5.32 Å². The van der Waals surface area contributed by atoms with E-state index in [4.69, 9.17) is 0 Å². The van der Waals surface area contributed by atoms with E-state index in [0.29, 0.717) is 10.7 Å². The van der Waals surface area contributed by atoms with Crippen LogP contribution in [0.25, 0.3) is 0 Å². The summed E-state index contributed by atoms with van der Waals surface area (Å²) in [5.74, 6) is -2.18. The smallest absolute Gasteiger partial charge is 0.250 e. The summed E-state index contributed by atoms with van der Waals surface area (Å²) in [4.78, 5) is 30.0. The number of aryl methyl sites for hydroxylation is 2. The molecule has 0 aromatic carbocycles. The number of aromatic nitrogens is 1. The standard InChI is InChI=1S/C16H15N3O2S/c1-3-12-10(2)8-13(22-12)15(20)11(9-17)16(21)19-14-6-4-5-7-18-14/h4-8,11H,3H2,1-2H3,(H,18,19,21). The molecule has 1 unspecified atom stereocenters. The monoisotopic (exact) mass is 313 g/mol. The van der Waals surface area contributed by atoms with Gasteiger partial charge in [0.25, 0.3) is 5.91 Å². The Morgan fingerprint density at radius 3 is 2.77 bits per heavy atom. The normalized spacial score (nSPS) is 11.5. The van der Waals surface area contributed by atoms with Crippen molar-refractivity contribution in [2.24, 2.45) is 5.92 Å². The number of Topliss-reactive ketones (excluding diaryl/α,β-unsaturated/α-hetero) is 1. The first kappa shape index (κ1) is 15.9. The summed E-state index contributed by atoms with van der Waals surface area (Å²) >= 11 is 1.34. The Kier molecular flexibility index (Phi) is 5.02. The molecule has 0 aliphatic heterocycles. The molecule has 0 fully saturated rings. The zero-order valence-electron chi connectivity index (χ0n) is 12.3. The first-order chi connectivity index (χ1) is 10.6. The fourth-order valence-corrected chi connectivity index (χ4v) is 3.09. The van der Waals surface area contributed by atoms with E-state index in [0.717, 1.165) is 16.9 Å². The lowest BCUT2D eigenvalue weighted by atomic mass is 10.0. The average Bonchev–Trinajstić information content (AvgIpc) is 2.90. The molecule has 0 saturated carbocycles. The number of amides is 1. The van der Waals surface area contributed by atoms with Crippen molar-refractivity contribution in [3.8, 4) is 6.07 Å². The van der Waals surface area contributed by atoms with Crippen molar-refractivity contribution in [2.75, 3.05) is 5.32 Å². The number of ketones is 1. The molecule has 0 bridgehead atoms. The molecule has 0 aliphatic carbocycles. The first-order valence-electron chi connectivity index (χ1n) is 6.81.